The van der Waals surface area contributed by atoms with E-state index < -0.39 is 0 Å². The van der Waals surface area contributed by atoms with Gasteiger partial charge in [0.1, 0.15) is 5.75 Å². The Bertz CT molecular complexity index is 692. The van der Waals surface area contributed by atoms with Crippen LogP contribution in [0.5, 0.6) is 5.75 Å². The number of ether oxygens (including phenoxy) is 1. The number of carbonyl (C=O) groups excluding carboxylic acids is 1. The first-order valence-corrected chi connectivity index (χ1v) is 7.80. The second kappa shape index (κ2) is 7.51. The summed E-state index contributed by atoms with van der Waals surface area (Å²) in [5.41, 5.74) is 2.58. The minimum Gasteiger partial charge on any atom is -0.495 e. The zero-order valence-corrected chi connectivity index (χ0v) is 14.6. The van der Waals surface area contributed by atoms with E-state index in [0.29, 0.717) is 10.8 Å². The number of carbonyl (C=O) groups is 1. The summed E-state index contributed by atoms with van der Waals surface area (Å²) < 4.78 is 6.09. The summed E-state index contributed by atoms with van der Waals surface area (Å²) in [6, 6.07) is 10.9. The quantitative estimate of drug-likeness (QED) is 0.801. The average Bonchev–Trinajstić information content (AvgIpc) is 2.49. The molecule has 0 aromatic heterocycles. The fourth-order valence-corrected chi connectivity index (χ4v) is 2.39. The van der Waals surface area contributed by atoms with E-state index in [0.717, 1.165) is 21.4 Å². The molecule has 116 valence electrons. The molecule has 0 aliphatic rings. The molecular formula is C16H16BrClN2O2. The molecule has 0 saturated carbocycles. The third-order valence-corrected chi connectivity index (χ3v) is 4.23. The summed E-state index contributed by atoms with van der Waals surface area (Å²) in [5, 5.41) is 6.36. The van der Waals surface area contributed by atoms with Crippen LogP contribution in [0.4, 0.5) is 11.4 Å². The first kappa shape index (κ1) is 16.6. The lowest BCUT2D eigenvalue weighted by Crippen LogP contribution is -2.21. The predicted molar refractivity (Wildman–Crippen MR) is 94.0 cm³/mol. The Kier molecular flexibility index (Phi) is 5.69. The standard InChI is InChI=1S/C16H16BrClN2O2/c1-10-7-12(3-5-13(10)17)20-16(21)9-19-11-4-6-15(22-2)14(18)8-11/h3-8,19H,9H2,1-2H3,(H,20,21). The number of hydrogen-bond donors (Lipinski definition) is 2. The van der Waals surface area contributed by atoms with Gasteiger partial charge >= 0.3 is 0 Å². The molecule has 0 bridgehead atoms. The number of methoxy groups -OCH3 is 1. The van der Waals surface area contributed by atoms with Gasteiger partial charge in [0.15, 0.2) is 0 Å². The van der Waals surface area contributed by atoms with Crippen LogP contribution in [-0.2, 0) is 4.79 Å². The van der Waals surface area contributed by atoms with Crippen molar-refractivity contribution in [1.82, 2.24) is 0 Å². The van der Waals surface area contributed by atoms with E-state index in [-0.39, 0.29) is 12.5 Å². The van der Waals surface area contributed by atoms with Crippen LogP contribution < -0.4 is 15.4 Å². The number of halogens is 2. The number of benzene rings is 2. The van der Waals surface area contributed by atoms with Gasteiger partial charge in [-0.3, -0.25) is 4.79 Å². The third-order valence-electron chi connectivity index (χ3n) is 3.05. The van der Waals surface area contributed by atoms with E-state index >= 15 is 0 Å². The molecule has 0 unspecified atom stereocenters. The minimum absolute atomic E-state index is 0.131. The number of anilines is 2. The number of rotatable bonds is 5. The Morgan fingerprint density at radius 3 is 2.59 bits per heavy atom. The summed E-state index contributed by atoms with van der Waals surface area (Å²) in [5.74, 6) is 0.468. The van der Waals surface area contributed by atoms with Crippen molar-refractivity contribution in [2.75, 3.05) is 24.3 Å². The van der Waals surface area contributed by atoms with E-state index in [9.17, 15) is 4.79 Å². The van der Waals surface area contributed by atoms with Gasteiger partial charge in [-0.25, -0.2) is 0 Å². The highest BCUT2D eigenvalue weighted by Crippen LogP contribution is 2.27. The molecule has 6 heteroatoms. The molecule has 2 aromatic rings. The number of nitrogens with one attached hydrogen (secondary N) is 2. The van der Waals surface area contributed by atoms with Crippen molar-refractivity contribution >= 4 is 44.8 Å². The lowest BCUT2D eigenvalue weighted by Gasteiger charge is -2.10. The molecule has 2 aromatic carbocycles. The van der Waals surface area contributed by atoms with Crippen molar-refractivity contribution in [3.8, 4) is 5.75 Å². The minimum atomic E-state index is -0.131. The zero-order valence-electron chi connectivity index (χ0n) is 12.2. The Hall–Kier alpha value is -1.72. The Labute approximate surface area is 142 Å². The molecule has 0 atom stereocenters. The molecule has 0 saturated heterocycles. The van der Waals surface area contributed by atoms with Crippen LogP contribution in [-0.4, -0.2) is 19.6 Å². The average molecular weight is 384 g/mol. The molecular weight excluding hydrogens is 368 g/mol. The van der Waals surface area contributed by atoms with Crippen LogP contribution in [0.2, 0.25) is 5.02 Å². The van der Waals surface area contributed by atoms with Crippen molar-refractivity contribution in [2.24, 2.45) is 0 Å². The van der Waals surface area contributed by atoms with Crippen molar-refractivity contribution in [3.05, 3.63) is 51.5 Å². The highest BCUT2D eigenvalue weighted by Gasteiger charge is 2.05. The van der Waals surface area contributed by atoms with Gasteiger partial charge in [0.05, 0.1) is 18.7 Å². The first-order chi connectivity index (χ1) is 10.5. The SMILES string of the molecule is COc1ccc(NCC(=O)Nc2ccc(Br)c(C)c2)cc1Cl. The lowest BCUT2D eigenvalue weighted by atomic mass is 10.2. The Balaban J connectivity index is 1.92. The maximum atomic E-state index is 11.9. The molecule has 4 nitrogen and oxygen atoms in total. The van der Waals surface area contributed by atoms with Crippen molar-refractivity contribution in [2.45, 2.75) is 6.92 Å². The molecule has 0 radical (unpaired) electrons. The van der Waals surface area contributed by atoms with E-state index in [2.05, 4.69) is 26.6 Å². The maximum Gasteiger partial charge on any atom is 0.243 e. The number of amides is 1. The maximum absolute atomic E-state index is 11.9. The number of hydrogen-bond acceptors (Lipinski definition) is 3. The van der Waals surface area contributed by atoms with Crippen LogP contribution in [0.1, 0.15) is 5.56 Å². The van der Waals surface area contributed by atoms with Crippen molar-refractivity contribution < 1.29 is 9.53 Å². The first-order valence-electron chi connectivity index (χ1n) is 6.63. The van der Waals surface area contributed by atoms with E-state index in [1.54, 1.807) is 19.2 Å². The zero-order chi connectivity index (χ0) is 16.1. The van der Waals surface area contributed by atoms with E-state index in [1.165, 1.54) is 0 Å². The summed E-state index contributed by atoms with van der Waals surface area (Å²) >= 11 is 9.46. The van der Waals surface area contributed by atoms with Gasteiger partial charge in [-0.15, -0.1) is 0 Å². The van der Waals surface area contributed by atoms with Crippen molar-refractivity contribution in [3.63, 3.8) is 0 Å². The number of aryl methyl sites for hydroxylation is 1. The van der Waals surface area contributed by atoms with Crippen LogP contribution in [0.15, 0.2) is 40.9 Å². The van der Waals surface area contributed by atoms with Gasteiger partial charge < -0.3 is 15.4 Å². The molecule has 1 amide bonds. The topological polar surface area (TPSA) is 50.4 Å². The van der Waals surface area contributed by atoms with Gasteiger partial charge in [0.2, 0.25) is 5.91 Å². The molecule has 2 rings (SSSR count). The lowest BCUT2D eigenvalue weighted by molar-refractivity contribution is -0.114. The normalized spacial score (nSPS) is 10.2. The fourth-order valence-electron chi connectivity index (χ4n) is 1.89. The second-order valence-corrected chi connectivity index (χ2v) is 5.98. The monoisotopic (exact) mass is 382 g/mol. The second-order valence-electron chi connectivity index (χ2n) is 4.72. The van der Waals surface area contributed by atoms with Gasteiger partial charge in [-0.1, -0.05) is 27.5 Å². The molecule has 0 heterocycles. The Morgan fingerprint density at radius 1 is 1.23 bits per heavy atom. The van der Waals surface area contributed by atoms with Crippen LogP contribution in [0.3, 0.4) is 0 Å². The third kappa shape index (κ3) is 4.39. The highest BCUT2D eigenvalue weighted by molar-refractivity contribution is 9.10. The summed E-state index contributed by atoms with van der Waals surface area (Å²) in [7, 11) is 1.56. The van der Waals surface area contributed by atoms with E-state index in [1.807, 2.05) is 31.2 Å². The van der Waals surface area contributed by atoms with Crippen molar-refractivity contribution in [1.29, 1.82) is 0 Å². The predicted octanol–water partition coefficient (Wildman–Crippen LogP) is 4.47. The largest absolute Gasteiger partial charge is 0.495 e. The molecule has 0 fully saturated rings. The summed E-state index contributed by atoms with van der Waals surface area (Å²) in [6.07, 6.45) is 0. The van der Waals surface area contributed by atoms with Gasteiger partial charge in [0.25, 0.3) is 0 Å². The molecule has 2 N–H and O–H groups in total. The van der Waals surface area contributed by atoms with Crippen LogP contribution >= 0.6 is 27.5 Å². The smallest absolute Gasteiger partial charge is 0.243 e. The Morgan fingerprint density at radius 2 is 1.95 bits per heavy atom. The molecule has 0 spiro atoms. The summed E-state index contributed by atoms with van der Waals surface area (Å²) in [4.78, 5) is 11.9. The van der Waals surface area contributed by atoms with Gasteiger partial charge in [-0.05, 0) is 48.9 Å². The van der Waals surface area contributed by atoms with Crippen LogP contribution in [0.25, 0.3) is 0 Å². The van der Waals surface area contributed by atoms with Gasteiger partial charge in [-0.2, -0.15) is 0 Å². The fraction of sp³-hybridized carbons (Fsp3) is 0.188. The molecule has 22 heavy (non-hydrogen) atoms. The summed E-state index contributed by atoms with van der Waals surface area (Å²) in [6.45, 7) is 2.12. The van der Waals surface area contributed by atoms with E-state index in [4.69, 9.17) is 16.3 Å². The highest BCUT2D eigenvalue weighted by atomic mass is 79.9. The molecule has 0 aliphatic carbocycles. The molecule has 0 aliphatic heterocycles. The van der Waals surface area contributed by atoms with Gasteiger partial charge in [0, 0.05) is 15.8 Å². The van der Waals surface area contributed by atoms with Crippen LogP contribution in [0, 0.1) is 6.92 Å².